The third-order valence-electron chi connectivity index (χ3n) is 3.39. The van der Waals surface area contributed by atoms with Crippen molar-refractivity contribution in [3.8, 4) is 0 Å². The van der Waals surface area contributed by atoms with Crippen molar-refractivity contribution >= 4 is 23.2 Å². The number of anilines is 1. The molecular weight excluding hydrogens is 302 g/mol. The van der Waals surface area contributed by atoms with E-state index in [1.165, 1.54) is 4.57 Å². The molecule has 1 unspecified atom stereocenters. The second kappa shape index (κ2) is 6.75. The summed E-state index contributed by atoms with van der Waals surface area (Å²) in [5, 5.41) is 3.40. The van der Waals surface area contributed by atoms with Crippen LogP contribution in [0.1, 0.15) is 30.8 Å². The minimum absolute atomic E-state index is 0.249. The van der Waals surface area contributed by atoms with Crippen LogP contribution in [0.2, 0.25) is 5.02 Å². The first-order chi connectivity index (χ1) is 10.4. The van der Waals surface area contributed by atoms with Gasteiger partial charge in [-0.1, -0.05) is 18.5 Å². The maximum absolute atomic E-state index is 12.5. The number of carbonyl (C=O) groups is 1. The van der Waals surface area contributed by atoms with Gasteiger partial charge in [0.05, 0.1) is 0 Å². The standard InChI is InChI=1S/C16H18ClN3O2/c1-4-14(20-11(3)9-10(2)18-16(20)22)15(21)19-13-7-5-12(17)6-8-13/h5-9,14H,4H2,1-3H3,(H,19,21). The van der Waals surface area contributed by atoms with E-state index in [0.717, 1.165) is 5.69 Å². The Morgan fingerprint density at radius 1 is 1.32 bits per heavy atom. The van der Waals surface area contributed by atoms with Crippen LogP contribution >= 0.6 is 11.6 Å². The molecule has 1 heterocycles. The molecule has 1 amide bonds. The number of hydrogen-bond acceptors (Lipinski definition) is 3. The van der Waals surface area contributed by atoms with E-state index in [4.69, 9.17) is 11.6 Å². The lowest BCUT2D eigenvalue weighted by Crippen LogP contribution is -2.36. The van der Waals surface area contributed by atoms with Crippen LogP contribution < -0.4 is 11.0 Å². The van der Waals surface area contributed by atoms with Gasteiger partial charge in [0.25, 0.3) is 0 Å². The van der Waals surface area contributed by atoms with Gasteiger partial charge in [-0.15, -0.1) is 0 Å². The van der Waals surface area contributed by atoms with Crippen LogP contribution in [0.15, 0.2) is 35.1 Å². The van der Waals surface area contributed by atoms with Crippen LogP contribution in [-0.2, 0) is 4.79 Å². The highest BCUT2D eigenvalue weighted by Gasteiger charge is 2.21. The van der Waals surface area contributed by atoms with E-state index in [-0.39, 0.29) is 5.91 Å². The first kappa shape index (κ1) is 16.2. The Bertz CT molecular complexity index is 738. The predicted molar refractivity (Wildman–Crippen MR) is 87.4 cm³/mol. The van der Waals surface area contributed by atoms with E-state index in [2.05, 4.69) is 10.3 Å². The topological polar surface area (TPSA) is 64.0 Å². The van der Waals surface area contributed by atoms with Crippen molar-refractivity contribution in [2.75, 3.05) is 5.32 Å². The molecule has 0 fully saturated rings. The Morgan fingerprint density at radius 2 is 1.95 bits per heavy atom. The second-order valence-corrected chi connectivity index (χ2v) is 5.55. The molecule has 1 atom stereocenters. The zero-order valence-electron chi connectivity index (χ0n) is 12.8. The molecule has 0 aliphatic carbocycles. The highest BCUT2D eigenvalue weighted by molar-refractivity contribution is 6.30. The third-order valence-corrected chi connectivity index (χ3v) is 3.64. The van der Waals surface area contributed by atoms with E-state index in [1.807, 2.05) is 6.92 Å². The summed E-state index contributed by atoms with van der Waals surface area (Å²) in [6.07, 6.45) is 0.491. The smallest absolute Gasteiger partial charge is 0.324 e. The van der Waals surface area contributed by atoms with Gasteiger partial charge in [-0.2, -0.15) is 4.98 Å². The van der Waals surface area contributed by atoms with Crippen molar-refractivity contribution in [1.29, 1.82) is 0 Å². The van der Waals surface area contributed by atoms with Gasteiger partial charge in [0, 0.05) is 22.1 Å². The number of aromatic nitrogens is 2. The average molecular weight is 320 g/mol. The molecule has 1 N–H and O–H groups in total. The summed E-state index contributed by atoms with van der Waals surface area (Å²) < 4.78 is 1.43. The molecule has 0 aliphatic heterocycles. The summed E-state index contributed by atoms with van der Waals surface area (Å²) in [5.74, 6) is -0.249. The number of hydrogen-bond donors (Lipinski definition) is 1. The summed E-state index contributed by atoms with van der Waals surface area (Å²) in [4.78, 5) is 28.5. The third kappa shape index (κ3) is 3.54. The second-order valence-electron chi connectivity index (χ2n) is 5.11. The summed E-state index contributed by atoms with van der Waals surface area (Å²) in [7, 11) is 0. The van der Waals surface area contributed by atoms with Gasteiger partial charge in [0.1, 0.15) is 6.04 Å². The van der Waals surface area contributed by atoms with Gasteiger partial charge in [0.15, 0.2) is 0 Å². The molecule has 116 valence electrons. The number of rotatable bonds is 4. The van der Waals surface area contributed by atoms with Gasteiger partial charge in [-0.25, -0.2) is 4.79 Å². The maximum Gasteiger partial charge on any atom is 0.348 e. The molecule has 22 heavy (non-hydrogen) atoms. The number of halogens is 1. The Morgan fingerprint density at radius 3 is 2.50 bits per heavy atom. The summed E-state index contributed by atoms with van der Waals surface area (Å²) in [5.41, 5.74) is 1.59. The fourth-order valence-electron chi connectivity index (χ4n) is 2.38. The van der Waals surface area contributed by atoms with E-state index in [1.54, 1.807) is 44.2 Å². The van der Waals surface area contributed by atoms with Crippen molar-refractivity contribution in [3.63, 3.8) is 0 Å². The normalized spacial score (nSPS) is 12.0. The van der Waals surface area contributed by atoms with Crippen molar-refractivity contribution in [1.82, 2.24) is 9.55 Å². The number of nitrogens with one attached hydrogen (secondary N) is 1. The van der Waals surface area contributed by atoms with Crippen LogP contribution in [0.4, 0.5) is 5.69 Å². The zero-order valence-corrected chi connectivity index (χ0v) is 13.5. The monoisotopic (exact) mass is 319 g/mol. The largest absolute Gasteiger partial charge is 0.348 e. The first-order valence-corrected chi connectivity index (χ1v) is 7.43. The summed E-state index contributed by atoms with van der Waals surface area (Å²) in [6, 6.07) is 8.02. The van der Waals surface area contributed by atoms with Crippen molar-refractivity contribution < 1.29 is 4.79 Å². The molecule has 0 bridgehead atoms. The number of aryl methyl sites for hydroxylation is 2. The number of nitrogens with zero attached hydrogens (tertiary/aromatic N) is 2. The summed E-state index contributed by atoms with van der Waals surface area (Å²) in [6.45, 7) is 5.42. The SMILES string of the molecule is CCC(C(=O)Nc1ccc(Cl)cc1)n1c(C)cc(C)nc1=O. The molecule has 1 aromatic carbocycles. The molecule has 0 radical (unpaired) electrons. The fraction of sp³-hybridized carbons (Fsp3) is 0.312. The van der Waals surface area contributed by atoms with Crippen LogP contribution in [0.5, 0.6) is 0 Å². The maximum atomic E-state index is 12.5. The molecule has 0 aliphatic rings. The Labute approximate surface area is 134 Å². The predicted octanol–water partition coefficient (Wildman–Crippen LogP) is 3.10. The average Bonchev–Trinajstić information content (AvgIpc) is 2.45. The van der Waals surface area contributed by atoms with Gasteiger partial charge in [-0.05, 0) is 50.6 Å². The molecule has 0 saturated carbocycles. The van der Waals surface area contributed by atoms with Gasteiger partial charge in [-0.3, -0.25) is 9.36 Å². The molecule has 1 aromatic heterocycles. The molecule has 2 rings (SSSR count). The Hall–Kier alpha value is -2.14. The minimum Gasteiger partial charge on any atom is -0.324 e. The van der Waals surface area contributed by atoms with Crippen LogP contribution in [-0.4, -0.2) is 15.5 Å². The molecule has 0 saturated heterocycles. The van der Waals surface area contributed by atoms with Crippen LogP contribution in [0, 0.1) is 13.8 Å². The van der Waals surface area contributed by atoms with Crippen LogP contribution in [0.25, 0.3) is 0 Å². The highest BCUT2D eigenvalue weighted by Crippen LogP contribution is 2.17. The van der Waals surface area contributed by atoms with E-state index in [9.17, 15) is 9.59 Å². The lowest BCUT2D eigenvalue weighted by molar-refractivity contribution is -0.119. The van der Waals surface area contributed by atoms with Crippen molar-refractivity contribution in [2.24, 2.45) is 0 Å². The van der Waals surface area contributed by atoms with Crippen molar-refractivity contribution in [3.05, 3.63) is 57.2 Å². The van der Waals surface area contributed by atoms with E-state index < -0.39 is 11.7 Å². The number of amides is 1. The lowest BCUT2D eigenvalue weighted by Gasteiger charge is -2.20. The molecule has 2 aromatic rings. The van der Waals surface area contributed by atoms with Gasteiger partial charge >= 0.3 is 5.69 Å². The van der Waals surface area contributed by atoms with E-state index in [0.29, 0.717) is 22.8 Å². The Kier molecular flexibility index (Phi) is 4.98. The fourth-order valence-corrected chi connectivity index (χ4v) is 2.51. The van der Waals surface area contributed by atoms with E-state index >= 15 is 0 Å². The van der Waals surface area contributed by atoms with Gasteiger partial charge < -0.3 is 5.32 Å². The number of carbonyl (C=O) groups excluding carboxylic acids is 1. The number of benzene rings is 1. The minimum atomic E-state index is -0.601. The molecule has 6 heteroatoms. The zero-order chi connectivity index (χ0) is 16.3. The molecular formula is C16H18ClN3O2. The van der Waals surface area contributed by atoms with Crippen LogP contribution in [0.3, 0.4) is 0 Å². The first-order valence-electron chi connectivity index (χ1n) is 7.05. The van der Waals surface area contributed by atoms with Crippen molar-refractivity contribution in [2.45, 2.75) is 33.2 Å². The van der Waals surface area contributed by atoms with Gasteiger partial charge in [0.2, 0.25) is 5.91 Å². The summed E-state index contributed by atoms with van der Waals surface area (Å²) >= 11 is 5.82. The lowest BCUT2D eigenvalue weighted by atomic mass is 10.1. The molecule has 5 nitrogen and oxygen atoms in total. The molecule has 0 spiro atoms. The highest BCUT2D eigenvalue weighted by atomic mass is 35.5. The Balaban J connectivity index is 2.30. The quantitative estimate of drug-likeness (QED) is 0.941.